The van der Waals surface area contributed by atoms with Gasteiger partial charge in [0.1, 0.15) is 10.6 Å². The molecule has 1 heterocycles. The quantitative estimate of drug-likeness (QED) is 0.784. The molecule has 0 amide bonds. The number of benzene rings is 1. The van der Waals surface area contributed by atoms with Crippen molar-refractivity contribution in [2.24, 2.45) is 5.16 Å². The van der Waals surface area contributed by atoms with Crippen molar-refractivity contribution in [1.82, 2.24) is 0 Å². The zero-order chi connectivity index (χ0) is 12.5. The molecule has 0 fully saturated rings. The molecule has 5 heteroatoms. The van der Waals surface area contributed by atoms with Crippen LogP contribution < -0.4 is 0 Å². The van der Waals surface area contributed by atoms with Crippen molar-refractivity contribution >= 4 is 40.0 Å². The third-order valence-corrected chi connectivity index (χ3v) is 4.11. The maximum Gasteiger partial charge on any atom is 0.138 e. The molecule has 1 aromatic rings. The van der Waals surface area contributed by atoms with E-state index < -0.39 is 0 Å². The highest BCUT2D eigenvalue weighted by molar-refractivity contribution is 8.13. The third-order valence-electron chi connectivity index (χ3n) is 2.42. The Labute approximate surface area is 115 Å². The minimum absolute atomic E-state index is 0.188. The summed E-state index contributed by atoms with van der Waals surface area (Å²) in [6.07, 6.45) is 0.833. The smallest absolute Gasteiger partial charge is 0.138 e. The van der Waals surface area contributed by atoms with Crippen LogP contribution in [-0.4, -0.2) is 10.6 Å². The lowest BCUT2D eigenvalue weighted by Crippen LogP contribution is -2.18. The molecule has 0 N–H and O–H groups in total. The van der Waals surface area contributed by atoms with Gasteiger partial charge in [-0.25, -0.2) is 0 Å². The van der Waals surface area contributed by atoms with Gasteiger partial charge in [0, 0.05) is 22.2 Å². The first-order chi connectivity index (χ1) is 7.98. The average molecular weight is 290 g/mol. The van der Waals surface area contributed by atoms with Gasteiger partial charge in [-0.2, -0.15) is 0 Å². The van der Waals surface area contributed by atoms with Gasteiger partial charge in [-0.3, -0.25) is 0 Å². The molecule has 1 aliphatic heterocycles. The SMILES string of the molecule is CC1(C)CC(SCc2c(Cl)cccc2Cl)=NO1. The molecule has 2 nitrogen and oxygen atoms in total. The van der Waals surface area contributed by atoms with E-state index in [4.69, 9.17) is 28.0 Å². The fourth-order valence-corrected chi connectivity index (χ4v) is 3.36. The summed E-state index contributed by atoms with van der Waals surface area (Å²) in [7, 11) is 0. The summed E-state index contributed by atoms with van der Waals surface area (Å²) in [6, 6.07) is 5.54. The standard InChI is InChI=1S/C12H13Cl2NOS/c1-12(2)6-11(15-16-12)17-7-8-9(13)4-3-5-10(8)14/h3-5H,6-7H2,1-2H3. The maximum absolute atomic E-state index is 6.10. The van der Waals surface area contributed by atoms with E-state index in [1.807, 2.05) is 32.0 Å². The van der Waals surface area contributed by atoms with Crippen LogP contribution >= 0.6 is 35.0 Å². The Morgan fingerprint density at radius 3 is 2.53 bits per heavy atom. The number of rotatable bonds is 2. The molecule has 0 saturated carbocycles. The van der Waals surface area contributed by atoms with Crippen molar-refractivity contribution in [1.29, 1.82) is 0 Å². The summed E-state index contributed by atoms with van der Waals surface area (Å²) in [5, 5.41) is 6.44. The lowest BCUT2D eigenvalue weighted by Gasteiger charge is -2.13. The molecule has 0 bridgehead atoms. The molecule has 0 radical (unpaired) electrons. The van der Waals surface area contributed by atoms with Crippen LogP contribution in [-0.2, 0) is 10.6 Å². The predicted octanol–water partition coefficient (Wildman–Crippen LogP) is 4.74. The normalized spacial score (nSPS) is 17.8. The topological polar surface area (TPSA) is 21.6 Å². The van der Waals surface area contributed by atoms with E-state index in [2.05, 4.69) is 5.16 Å². The van der Waals surface area contributed by atoms with E-state index >= 15 is 0 Å². The molecule has 0 saturated heterocycles. The maximum atomic E-state index is 6.10. The molecule has 92 valence electrons. The van der Waals surface area contributed by atoms with E-state index in [1.165, 1.54) is 0 Å². The van der Waals surface area contributed by atoms with Crippen molar-refractivity contribution in [2.45, 2.75) is 31.6 Å². The van der Waals surface area contributed by atoms with Crippen molar-refractivity contribution in [3.8, 4) is 0 Å². The number of oxime groups is 1. The third kappa shape index (κ3) is 3.30. The molecular formula is C12H13Cl2NOS. The van der Waals surface area contributed by atoms with Gasteiger partial charge in [-0.15, -0.1) is 11.8 Å². The number of hydrogen-bond acceptors (Lipinski definition) is 3. The summed E-state index contributed by atoms with van der Waals surface area (Å²) in [5.41, 5.74) is 0.764. The molecule has 0 unspecified atom stereocenters. The van der Waals surface area contributed by atoms with Gasteiger partial charge < -0.3 is 4.84 Å². The Bertz CT molecular complexity index is 440. The summed E-state index contributed by atoms with van der Waals surface area (Å²) in [4.78, 5) is 5.30. The van der Waals surface area contributed by atoms with Crippen LogP contribution in [0.2, 0.25) is 10.0 Å². The summed E-state index contributed by atoms with van der Waals surface area (Å²) in [5.74, 6) is 0.719. The fourth-order valence-electron chi connectivity index (χ4n) is 1.51. The van der Waals surface area contributed by atoms with E-state index in [1.54, 1.807) is 11.8 Å². The Kier molecular flexibility index (Phi) is 3.91. The lowest BCUT2D eigenvalue weighted by molar-refractivity contribution is 0.0123. The highest BCUT2D eigenvalue weighted by Crippen LogP contribution is 2.33. The average Bonchev–Trinajstić information content (AvgIpc) is 2.57. The van der Waals surface area contributed by atoms with Crippen LogP contribution in [0.25, 0.3) is 0 Å². The van der Waals surface area contributed by atoms with Gasteiger partial charge in [0.25, 0.3) is 0 Å². The largest absolute Gasteiger partial charge is 0.389 e. The molecule has 2 rings (SSSR count). The first-order valence-electron chi connectivity index (χ1n) is 5.29. The number of nitrogens with zero attached hydrogens (tertiary/aromatic N) is 1. The van der Waals surface area contributed by atoms with Gasteiger partial charge in [-0.05, 0) is 31.5 Å². The fraction of sp³-hybridized carbons (Fsp3) is 0.417. The van der Waals surface area contributed by atoms with Crippen LogP contribution in [0.5, 0.6) is 0 Å². The number of hydrogen-bond donors (Lipinski definition) is 0. The Hall–Kier alpha value is -0.380. The van der Waals surface area contributed by atoms with Gasteiger partial charge in [0.2, 0.25) is 0 Å². The van der Waals surface area contributed by atoms with E-state index in [9.17, 15) is 0 Å². The molecule has 0 spiro atoms. The van der Waals surface area contributed by atoms with Crippen molar-refractivity contribution < 1.29 is 4.84 Å². The molecule has 17 heavy (non-hydrogen) atoms. The number of halogens is 2. The molecule has 0 aromatic heterocycles. The summed E-state index contributed by atoms with van der Waals surface area (Å²) in [6.45, 7) is 4.04. The summed E-state index contributed by atoms with van der Waals surface area (Å²) >= 11 is 13.8. The van der Waals surface area contributed by atoms with Crippen LogP contribution in [0.15, 0.2) is 23.4 Å². The van der Waals surface area contributed by atoms with Crippen LogP contribution in [0.1, 0.15) is 25.8 Å². The monoisotopic (exact) mass is 289 g/mol. The number of thioether (sulfide) groups is 1. The van der Waals surface area contributed by atoms with Crippen molar-refractivity contribution in [2.75, 3.05) is 0 Å². The minimum atomic E-state index is -0.188. The Morgan fingerprint density at radius 2 is 2.00 bits per heavy atom. The van der Waals surface area contributed by atoms with Crippen LogP contribution in [0.4, 0.5) is 0 Å². The van der Waals surface area contributed by atoms with Crippen LogP contribution in [0, 0.1) is 0 Å². The first kappa shape index (κ1) is 13.1. The molecule has 0 aliphatic carbocycles. The predicted molar refractivity (Wildman–Crippen MR) is 75.0 cm³/mol. The molecular weight excluding hydrogens is 277 g/mol. The Morgan fingerprint density at radius 1 is 1.35 bits per heavy atom. The second-order valence-electron chi connectivity index (χ2n) is 4.50. The van der Waals surface area contributed by atoms with Gasteiger partial charge in [-0.1, -0.05) is 34.4 Å². The highest BCUT2D eigenvalue weighted by atomic mass is 35.5. The van der Waals surface area contributed by atoms with Crippen molar-refractivity contribution in [3.05, 3.63) is 33.8 Å². The second-order valence-corrected chi connectivity index (χ2v) is 6.36. The van der Waals surface area contributed by atoms with E-state index in [0.29, 0.717) is 10.0 Å². The van der Waals surface area contributed by atoms with Crippen molar-refractivity contribution in [3.63, 3.8) is 0 Å². The minimum Gasteiger partial charge on any atom is -0.389 e. The zero-order valence-corrected chi connectivity index (χ0v) is 12.0. The van der Waals surface area contributed by atoms with E-state index in [-0.39, 0.29) is 5.60 Å². The molecule has 1 aromatic carbocycles. The zero-order valence-electron chi connectivity index (χ0n) is 9.67. The van der Waals surface area contributed by atoms with Gasteiger partial charge >= 0.3 is 0 Å². The van der Waals surface area contributed by atoms with Gasteiger partial charge in [0.05, 0.1) is 0 Å². The Balaban J connectivity index is 2.00. The first-order valence-corrected chi connectivity index (χ1v) is 7.03. The lowest BCUT2D eigenvalue weighted by atomic mass is 10.1. The highest BCUT2D eigenvalue weighted by Gasteiger charge is 2.29. The summed E-state index contributed by atoms with van der Waals surface area (Å²) < 4.78 is 0. The second kappa shape index (κ2) is 5.09. The van der Waals surface area contributed by atoms with E-state index in [0.717, 1.165) is 22.8 Å². The molecule has 1 aliphatic rings. The van der Waals surface area contributed by atoms with Crippen LogP contribution in [0.3, 0.4) is 0 Å². The van der Waals surface area contributed by atoms with Gasteiger partial charge in [0.15, 0.2) is 0 Å². The molecule has 0 atom stereocenters.